The Bertz CT molecular complexity index is 255. The molecule has 1 fully saturated rings. The van der Waals surface area contributed by atoms with Gasteiger partial charge in [-0.05, 0) is 53.2 Å². The molecule has 4 heteroatoms. The van der Waals surface area contributed by atoms with E-state index in [9.17, 15) is 4.79 Å². The van der Waals surface area contributed by atoms with E-state index in [1.807, 2.05) is 6.92 Å². The molecule has 1 saturated carbocycles. The maximum atomic E-state index is 12.1. The lowest BCUT2D eigenvalue weighted by molar-refractivity contribution is -0.130. The molecule has 1 aliphatic rings. The summed E-state index contributed by atoms with van der Waals surface area (Å²) in [6.45, 7) is 3.85. The normalized spacial score (nSPS) is 28.6. The second kappa shape index (κ2) is 6.36. The van der Waals surface area contributed by atoms with E-state index in [0.29, 0.717) is 0 Å². The largest absolute Gasteiger partial charge is 0.356 e. The summed E-state index contributed by atoms with van der Waals surface area (Å²) < 4.78 is 0. The van der Waals surface area contributed by atoms with Crippen LogP contribution in [0.5, 0.6) is 0 Å². The van der Waals surface area contributed by atoms with Crippen molar-refractivity contribution in [1.82, 2.24) is 10.2 Å². The summed E-state index contributed by atoms with van der Waals surface area (Å²) >= 11 is 0. The predicted octanol–water partition coefficient (Wildman–Crippen LogP) is 0.962. The van der Waals surface area contributed by atoms with E-state index in [1.54, 1.807) is 0 Å². The van der Waals surface area contributed by atoms with Crippen molar-refractivity contribution in [2.75, 3.05) is 27.2 Å². The van der Waals surface area contributed by atoms with Crippen LogP contribution in [-0.2, 0) is 4.79 Å². The van der Waals surface area contributed by atoms with Crippen LogP contribution in [0.3, 0.4) is 0 Å². The molecule has 0 radical (unpaired) electrons. The van der Waals surface area contributed by atoms with Crippen molar-refractivity contribution in [3.8, 4) is 0 Å². The summed E-state index contributed by atoms with van der Waals surface area (Å²) in [5.41, 5.74) is 5.68. The van der Waals surface area contributed by atoms with Gasteiger partial charge in [-0.3, -0.25) is 4.79 Å². The minimum atomic E-state index is -0.332. The molecule has 0 aromatic heterocycles. The number of nitrogens with two attached hydrogens (primary N) is 1. The monoisotopic (exact) mass is 241 g/mol. The molecule has 1 aliphatic carbocycles. The van der Waals surface area contributed by atoms with E-state index >= 15 is 0 Å². The molecule has 0 aliphatic heterocycles. The van der Waals surface area contributed by atoms with Crippen LogP contribution in [0.15, 0.2) is 0 Å². The molecule has 1 rings (SSSR count). The van der Waals surface area contributed by atoms with Crippen LogP contribution in [0.2, 0.25) is 0 Å². The fourth-order valence-electron chi connectivity index (χ4n) is 2.43. The fourth-order valence-corrected chi connectivity index (χ4v) is 2.43. The molecule has 0 heterocycles. The van der Waals surface area contributed by atoms with Crippen LogP contribution >= 0.6 is 0 Å². The van der Waals surface area contributed by atoms with Gasteiger partial charge < -0.3 is 16.0 Å². The highest BCUT2D eigenvalue weighted by Crippen LogP contribution is 2.36. The first kappa shape index (κ1) is 14.5. The fraction of sp³-hybridized carbons (Fsp3) is 0.923. The number of hydrogen-bond acceptors (Lipinski definition) is 3. The van der Waals surface area contributed by atoms with Crippen LogP contribution in [0.4, 0.5) is 0 Å². The van der Waals surface area contributed by atoms with Gasteiger partial charge in [0.1, 0.15) is 0 Å². The van der Waals surface area contributed by atoms with Gasteiger partial charge in [-0.1, -0.05) is 6.42 Å². The number of nitrogens with one attached hydrogen (secondary N) is 1. The zero-order valence-corrected chi connectivity index (χ0v) is 11.5. The first-order valence-electron chi connectivity index (χ1n) is 6.65. The van der Waals surface area contributed by atoms with Gasteiger partial charge in [-0.2, -0.15) is 0 Å². The summed E-state index contributed by atoms with van der Waals surface area (Å²) in [5, 5.41) is 3.03. The Morgan fingerprint density at radius 3 is 2.71 bits per heavy atom. The van der Waals surface area contributed by atoms with E-state index in [-0.39, 0.29) is 17.4 Å². The Labute approximate surface area is 105 Å². The third kappa shape index (κ3) is 3.96. The highest BCUT2D eigenvalue weighted by atomic mass is 16.2. The first-order valence-corrected chi connectivity index (χ1v) is 6.65. The highest BCUT2D eigenvalue weighted by molar-refractivity contribution is 5.83. The molecule has 0 saturated heterocycles. The molecular formula is C13H27N3O. The second-order valence-corrected chi connectivity index (χ2v) is 5.68. The standard InChI is InChI=1S/C13H27N3O/c1-13(8-6-7-11(13)14)12(17)15-9-4-5-10-16(2)3/h11H,4-10,14H2,1-3H3,(H,15,17). The Hall–Kier alpha value is -0.610. The lowest BCUT2D eigenvalue weighted by atomic mass is 9.84. The van der Waals surface area contributed by atoms with E-state index in [4.69, 9.17) is 5.73 Å². The van der Waals surface area contributed by atoms with Gasteiger partial charge in [0.25, 0.3) is 0 Å². The molecule has 0 spiro atoms. The number of rotatable bonds is 6. The zero-order chi connectivity index (χ0) is 12.9. The topological polar surface area (TPSA) is 58.4 Å². The van der Waals surface area contributed by atoms with Crippen molar-refractivity contribution in [3.63, 3.8) is 0 Å². The molecule has 4 nitrogen and oxygen atoms in total. The third-order valence-corrected chi connectivity index (χ3v) is 3.87. The molecular weight excluding hydrogens is 214 g/mol. The summed E-state index contributed by atoms with van der Waals surface area (Å²) in [6, 6.07) is 0.0317. The van der Waals surface area contributed by atoms with E-state index in [1.165, 1.54) is 0 Å². The van der Waals surface area contributed by atoms with Crippen molar-refractivity contribution in [3.05, 3.63) is 0 Å². The molecule has 100 valence electrons. The molecule has 0 aromatic rings. The Kier molecular flexibility index (Phi) is 5.40. The van der Waals surface area contributed by atoms with Gasteiger partial charge in [-0.25, -0.2) is 0 Å². The van der Waals surface area contributed by atoms with Crippen LogP contribution in [0, 0.1) is 5.41 Å². The number of nitrogens with zero attached hydrogens (tertiary/aromatic N) is 1. The quantitative estimate of drug-likeness (QED) is 0.681. The second-order valence-electron chi connectivity index (χ2n) is 5.68. The van der Waals surface area contributed by atoms with Gasteiger partial charge in [0.2, 0.25) is 5.91 Å². The molecule has 0 aromatic carbocycles. The summed E-state index contributed by atoms with van der Waals surface area (Å²) in [6.07, 6.45) is 5.14. The third-order valence-electron chi connectivity index (χ3n) is 3.87. The number of amides is 1. The molecule has 0 bridgehead atoms. The van der Waals surface area contributed by atoms with Crippen LogP contribution < -0.4 is 11.1 Å². The van der Waals surface area contributed by atoms with Gasteiger partial charge in [0.15, 0.2) is 0 Å². The summed E-state index contributed by atoms with van der Waals surface area (Å²) in [7, 11) is 4.13. The van der Waals surface area contributed by atoms with Gasteiger partial charge in [-0.15, -0.1) is 0 Å². The minimum Gasteiger partial charge on any atom is -0.356 e. The molecule has 2 atom stereocenters. The minimum absolute atomic E-state index is 0.0317. The van der Waals surface area contributed by atoms with Crippen molar-refractivity contribution in [2.45, 2.75) is 45.1 Å². The van der Waals surface area contributed by atoms with Crippen molar-refractivity contribution < 1.29 is 4.79 Å². The maximum Gasteiger partial charge on any atom is 0.227 e. The van der Waals surface area contributed by atoms with Crippen LogP contribution in [-0.4, -0.2) is 44.0 Å². The molecule has 2 unspecified atom stereocenters. The summed E-state index contributed by atoms with van der Waals surface area (Å²) in [5.74, 6) is 0.146. The number of carbonyl (C=O) groups excluding carboxylic acids is 1. The first-order chi connectivity index (χ1) is 7.97. The molecule has 17 heavy (non-hydrogen) atoms. The molecule has 1 amide bonds. The Morgan fingerprint density at radius 1 is 1.47 bits per heavy atom. The predicted molar refractivity (Wildman–Crippen MR) is 70.7 cm³/mol. The van der Waals surface area contributed by atoms with Crippen LogP contribution in [0.1, 0.15) is 39.0 Å². The number of carbonyl (C=O) groups is 1. The van der Waals surface area contributed by atoms with Crippen LogP contribution in [0.25, 0.3) is 0 Å². The lowest BCUT2D eigenvalue weighted by Gasteiger charge is -2.27. The smallest absolute Gasteiger partial charge is 0.227 e. The number of hydrogen-bond donors (Lipinski definition) is 2. The Balaban J connectivity index is 2.21. The van der Waals surface area contributed by atoms with Crippen molar-refractivity contribution >= 4 is 5.91 Å². The SMILES string of the molecule is CN(C)CCCCNC(=O)C1(C)CCCC1N. The summed E-state index contributed by atoms with van der Waals surface area (Å²) in [4.78, 5) is 14.2. The van der Waals surface area contributed by atoms with Gasteiger partial charge in [0, 0.05) is 12.6 Å². The van der Waals surface area contributed by atoms with E-state index in [2.05, 4.69) is 24.3 Å². The lowest BCUT2D eigenvalue weighted by Crippen LogP contribution is -2.47. The molecule has 3 N–H and O–H groups in total. The van der Waals surface area contributed by atoms with Crippen molar-refractivity contribution in [1.29, 1.82) is 0 Å². The average Bonchev–Trinajstić information content (AvgIpc) is 2.59. The zero-order valence-electron chi connectivity index (χ0n) is 11.5. The maximum absolute atomic E-state index is 12.1. The van der Waals surface area contributed by atoms with Gasteiger partial charge >= 0.3 is 0 Å². The number of unbranched alkanes of at least 4 members (excludes halogenated alkanes) is 1. The van der Waals surface area contributed by atoms with E-state index < -0.39 is 0 Å². The Morgan fingerprint density at radius 2 is 2.18 bits per heavy atom. The van der Waals surface area contributed by atoms with Gasteiger partial charge in [0.05, 0.1) is 5.41 Å². The highest BCUT2D eigenvalue weighted by Gasteiger charge is 2.42. The average molecular weight is 241 g/mol. The van der Waals surface area contributed by atoms with E-state index in [0.717, 1.165) is 45.2 Å². The van der Waals surface area contributed by atoms with Crippen molar-refractivity contribution in [2.24, 2.45) is 11.1 Å².